The molecule has 0 aliphatic heterocycles. The number of hydrogen-bond acceptors (Lipinski definition) is 3. The van der Waals surface area contributed by atoms with E-state index in [0.29, 0.717) is 24.5 Å². The first-order valence-electron chi connectivity index (χ1n) is 9.51. The molecular formula is C22H28N2O2. The summed E-state index contributed by atoms with van der Waals surface area (Å²) >= 11 is 0. The van der Waals surface area contributed by atoms with E-state index in [1.807, 2.05) is 66.4 Å². The summed E-state index contributed by atoms with van der Waals surface area (Å²) in [7, 11) is 0. The van der Waals surface area contributed by atoms with E-state index in [1.54, 1.807) is 0 Å². The molecule has 4 heteroatoms. The van der Waals surface area contributed by atoms with Crippen LogP contribution in [0, 0.1) is 0 Å². The van der Waals surface area contributed by atoms with Crippen molar-refractivity contribution in [3.8, 4) is 5.75 Å². The summed E-state index contributed by atoms with van der Waals surface area (Å²) in [5.74, 6) is 0.676. The first kappa shape index (κ1) is 18.5. The molecule has 1 saturated carbocycles. The summed E-state index contributed by atoms with van der Waals surface area (Å²) in [4.78, 5) is 15.2. The van der Waals surface area contributed by atoms with Gasteiger partial charge in [-0.3, -0.25) is 4.79 Å². The van der Waals surface area contributed by atoms with Gasteiger partial charge in [0.1, 0.15) is 12.4 Å². The minimum Gasteiger partial charge on any atom is -0.488 e. The highest BCUT2D eigenvalue weighted by molar-refractivity contribution is 5.97. The van der Waals surface area contributed by atoms with E-state index >= 15 is 0 Å². The minimum absolute atomic E-state index is 0.0373. The fourth-order valence-electron chi connectivity index (χ4n) is 3.71. The van der Waals surface area contributed by atoms with Gasteiger partial charge in [0.25, 0.3) is 5.91 Å². The van der Waals surface area contributed by atoms with Crippen molar-refractivity contribution in [2.45, 2.75) is 51.3 Å². The van der Waals surface area contributed by atoms with E-state index in [-0.39, 0.29) is 18.0 Å². The predicted octanol–water partition coefficient (Wildman–Crippen LogP) is 4.00. The van der Waals surface area contributed by atoms with Crippen LogP contribution >= 0.6 is 0 Å². The summed E-state index contributed by atoms with van der Waals surface area (Å²) in [6.07, 6.45) is 4.05. The number of nitrogens with zero attached hydrogens (tertiary/aromatic N) is 1. The van der Waals surface area contributed by atoms with Crippen LogP contribution in [0.3, 0.4) is 0 Å². The van der Waals surface area contributed by atoms with E-state index in [4.69, 9.17) is 10.5 Å². The van der Waals surface area contributed by atoms with E-state index in [1.165, 1.54) is 0 Å². The number of benzene rings is 2. The zero-order valence-electron chi connectivity index (χ0n) is 15.4. The van der Waals surface area contributed by atoms with Crippen LogP contribution in [0.25, 0.3) is 0 Å². The van der Waals surface area contributed by atoms with Crippen LogP contribution in [0.15, 0.2) is 54.6 Å². The van der Waals surface area contributed by atoms with Crippen LogP contribution in [-0.4, -0.2) is 29.4 Å². The summed E-state index contributed by atoms with van der Waals surface area (Å²) < 4.78 is 5.98. The van der Waals surface area contributed by atoms with Gasteiger partial charge >= 0.3 is 0 Å². The lowest BCUT2D eigenvalue weighted by Gasteiger charge is -2.36. The molecule has 2 atom stereocenters. The molecule has 0 aromatic heterocycles. The Morgan fingerprint density at radius 1 is 1.12 bits per heavy atom. The molecule has 138 valence electrons. The number of carbonyl (C=O) groups excluding carboxylic acids is 1. The fourth-order valence-corrected chi connectivity index (χ4v) is 3.71. The normalized spacial score (nSPS) is 19.8. The molecule has 0 bridgehead atoms. The molecule has 4 nitrogen and oxygen atoms in total. The van der Waals surface area contributed by atoms with Gasteiger partial charge in [-0.1, -0.05) is 42.5 Å². The van der Waals surface area contributed by atoms with E-state index in [2.05, 4.69) is 0 Å². The van der Waals surface area contributed by atoms with E-state index in [0.717, 1.165) is 31.2 Å². The van der Waals surface area contributed by atoms with Crippen LogP contribution in [0.4, 0.5) is 0 Å². The maximum absolute atomic E-state index is 13.2. The molecule has 0 heterocycles. The van der Waals surface area contributed by atoms with Gasteiger partial charge in [0.2, 0.25) is 0 Å². The number of ether oxygens (including phenoxy) is 1. The Labute approximate surface area is 156 Å². The molecule has 2 aromatic rings. The largest absolute Gasteiger partial charge is 0.488 e. The van der Waals surface area contributed by atoms with Crippen molar-refractivity contribution in [3.05, 3.63) is 65.7 Å². The number of rotatable bonds is 6. The molecule has 1 aliphatic rings. The molecular weight excluding hydrogens is 324 g/mol. The van der Waals surface area contributed by atoms with Crippen LogP contribution in [0.2, 0.25) is 0 Å². The van der Waals surface area contributed by atoms with Crippen molar-refractivity contribution < 1.29 is 9.53 Å². The molecule has 1 fully saturated rings. The number of para-hydroxylation sites is 1. The molecule has 2 aromatic carbocycles. The summed E-state index contributed by atoms with van der Waals surface area (Å²) in [6, 6.07) is 17.9. The van der Waals surface area contributed by atoms with Crippen molar-refractivity contribution in [2.24, 2.45) is 5.73 Å². The highest BCUT2D eigenvalue weighted by Gasteiger charge is 2.29. The molecule has 26 heavy (non-hydrogen) atoms. The average Bonchev–Trinajstić information content (AvgIpc) is 2.68. The Morgan fingerprint density at radius 2 is 1.85 bits per heavy atom. The third-order valence-corrected chi connectivity index (χ3v) is 5.08. The zero-order valence-corrected chi connectivity index (χ0v) is 15.4. The highest BCUT2D eigenvalue weighted by Crippen LogP contribution is 2.27. The van der Waals surface area contributed by atoms with Crippen LogP contribution in [0.1, 0.15) is 48.5 Å². The van der Waals surface area contributed by atoms with Crippen LogP contribution in [0.5, 0.6) is 5.75 Å². The van der Waals surface area contributed by atoms with E-state index < -0.39 is 0 Å². The standard InChI is InChI=1S/C22H28N2O2/c1-2-24(19-12-8-11-18(23)15-19)22(25)20-13-6-7-14-21(20)26-16-17-9-4-3-5-10-17/h3-7,9-10,13-14,18-19H,2,8,11-12,15-16,23H2,1H3/t18-,19+/m0/s1. The molecule has 1 amide bonds. The molecule has 0 spiro atoms. The van der Waals surface area contributed by atoms with Crippen LogP contribution < -0.4 is 10.5 Å². The van der Waals surface area contributed by atoms with Crippen molar-refractivity contribution in [2.75, 3.05) is 6.54 Å². The van der Waals surface area contributed by atoms with E-state index in [9.17, 15) is 4.79 Å². The van der Waals surface area contributed by atoms with Gasteiger partial charge in [-0.25, -0.2) is 0 Å². The first-order valence-corrected chi connectivity index (χ1v) is 9.51. The lowest BCUT2D eigenvalue weighted by molar-refractivity contribution is 0.0633. The van der Waals surface area contributed by atoms with Gasteiger partial charge in [0.05, 0.1) is 5.56 Å². The van der Waals surface area contributed by atoms with Gasteiger partial charge in [-0.15, -0.1) is 0 Å². The second kappa shape index (κ2) is 8.86. The Kier molecular flexibility index (Phi) is 6.29. The Morgan fingerprint density at radius 3 is 2.58 bits per heavy atom. The highest BCUT2D eigenvalue weighted by atomic mass is 16.5. The molecule has 0 radical (unpaired) electrons. The van der Waals surface area contributed by atoms with Crippen molar-refractivity contribution in [1.29, 1.82) is 0 Å². The molecule has 1 aliphatic carbocycles. The smallest absolute Gasteiger partial charge is 0.257 e. The lowest BCUT2D eigenvalue weighted by Crippen LogP contribution is -2.45. The molecule has 3 rings (SSSR count). The van der Waals surface area contributed by atoms with Gasteiger partial charge in [-0.05, 0) is 50.3 Å². The van der Waals surface area contributed by atoms with Gasteiger partial charge in [0.15, 0.2) is 0 Å². The maximum Gasteiger partial charge on any atom is 0.257 e. The Balaban J connectivity index is 1.75. The fraction of sp³-hybridized carbons (Fsp3) is 0.409. The number of carbonyl (C=O) groups is 1. The first-order chi connectivity index (χ1) is 12.7. The van der Waals surface area contributed by atoms with Crippen LogP contribution in [-0.2, 0) is 6.61 Å². The predicted molar refractivity (Wildman–Crippen MR) is 104 cm³/mol. The number of hydrogen-bond donors (Lipinski definition) is 1. The molecule has 2 N–H and O–H groups in total. The average molecular weight is 352 g/mol. The van der Waals surface area contributed by atoms with Crippen molar-refractivity contribution >= 4 is 5.91 Å². The monoisotopic (exact) mass is 352 g/mol. The third-order valence-electron chi connectivity index (χ3n) is 5.08. The second-order valence-electron chi connectivity index (χ2n) is 6.94. The Hall–Kier alpha value is -2.33. The van der Waals surface area contributed by atoms with Gasteiger partial charge in [-0.2, -0.15) is 0 Å². The minimum atomic E-state index is 0.0373. The number of nitrogens with two attached hydrogens (primary N) is 1. The van der Waals surface area contributed by atoms with Crippen molar-refractivity contribution in [1.82, 2.24) is 4.90 Å². The quantitative estimate of drug-likeness (QED) is 0.855. The van der Waals surface area contributed by atoms with Gasteiger partial charge in [0, 0.05) is 18.6 Å². The second-order valence-corrected chi connectivity index (χ2v) is 6.94. The Bertz CT molecular complexity index is 717. The summed E-state index contributed by atoms with van der Waals surface area (Å²) in [5.41, 5.74) is 7.85. The molecule has 0 saturated heterocycles. The summed E-state index contributed by atoms with van der Waals surface area (Å²) in [6.45, 7) is 3.17. The number of amides is 1. The van der Waals surface area contributed by atoms with Gasteiger partial charge < -0.3 is 15.4 Å². The maximum atomic E-state index is 13.2. The molecule has 0 unspecified atom stereocenters. The lowest BCUT2D eigenvalue weighted by atomic mass is 9.90. The zero-order chi connectivity index (χ0) is 18.4. The van der Waals surface area contributed by atoms with Crippen molar-refractivity contribution in [3.63, 3.8) is 0 Å². The topological polar surface area (TPSA) is 55.6 Å². The third kappa shape index (κ3) is 4.44. The summed E-state index contributed by atoms with van der Waals surface area (Å²) in [5, 5.41) is 0. The SMILES string of the molecule is CCN(C(=O)c1ccccc1OCc1ccccc1)[C@@H]1CCC[C@H](N)C1.